The van der Waals surface area contributed by atoms with E-state index in [0.29, 0.717) is 22.3 Å². The minimum atomic E-state index is -0.154. The number of carbonyl (C=O) groups excluding carboxylic acids is 2. The maximum absolute atomic E-state index is 14.2. The lowest BCUT2D eigenvalue weighted by Gasteiger charge is -2.08. The van der Waals surface area contributed by atoms with E-state index in [1.807, 2.05) is 103 Å². The molecule has 0 aliphatic carbocycles. The van der Waals surface area contributed by atoms with Gasteiger partial charge in [-0.3, -0.25) is 9.59 Å². The third-order valence-electron chi connectivity index (χ3n) is 7.12. The Morgan fingerprint density at radius 2 is 0.946 bits per heavy atom. The number of pyridine rings is 1. The lowest BCUT2D eigenvalue weighted by Crippen LogP contribution is -2.09. The normalized spacial score (nSPS) is 11.5. The maximum atomic E-state index is 14.2. The summed E-state index contributed by atoms with van der Waals surface area (Å²) in [5.74, 6) is -0.304. The standard InChI is InChI=1S/C34H21NO2/c36-33(23-14-6-2-7-15-23)30-29-21-25(22-12-4-1-5-13-22)20-28-26-18-10-11-19-27(26)32(35(28)29)31(30)34(37)24-16-8-3-9-17-24/h1-21H. The molecule has 0 radical (unpaired) electrons. The molecule has 4 aromatic carbocycles. The van der Waals surface area contributed by atoms with Gasteiger partial charge in [0.2, 0.25) is 0 Å². The van der Waals surface area contributed by atoms with Gasteiger partial charge < -0.3 is 4.40 Å². The van der Waals surface area contributed by atoms with Crippen LogP contribution in [0.3, 0.4) is 0 Å². The molecule has 0 bridgehead atoms. The average molecular weight is 476 g/mol. The summed E-state index contributed by atoms with van der Waals surface area (Å²) in [4.78, 5) is 28.3. The minimum Gasteiger partial charge on any atom is -0.308 e. The minimum absolute atomic E-state index is 0.150. The smallest absolute Gasteiger partial charge is 0.195 e. The monoisotopic (exact) mass is 475 g/mol. The molecule has 0 aliphatic rings. The molecule has 0 fully saturated rings. The fourth-order valence-electron chi connectivity index (χ4n) is 5.46. The number of nitrogens with zero attached hydrogens (tertiary/aromatic N) is 1. The Balaban J connectivity index is 1.66. The van der Waals surface area contributed by atoms with Crippen molar-refractivity contribution in [2.75, 3.05) is 0 Å². The van der Waals surface area contributed by atoms with Crippen LogP contribution in [0.15, 0.2) is 127 Å². The zero-order chi connectivity index (χ0) is 24.9. The van der Waals surface area contributed by atoms with Crippen molar-refractivity contribution in [1.29, 1.82) is 0 Å². The number of benzene rings is 4. The van der Waals surface area contributed by atoms with Crippen LogP contribution in [0.2, 0.25) is 0 Å². The van der Waals surface area contributed by atoms with E-state index in [2.05, 4.69) is 28.7 Å². The van der Waals surface area contributed by atoms with Gasteiger partial charge in [-0.15, -0.1) is 0 Å². The van der Waals surface area contributed by atoms with Crippen LogP contribution in [0.5, 0.6) is 0 Å². The van der Waals surface area contributed by atoms with Crippen LogP contribution in [-0.4, -0.2) is 16.0 Å². The molecular weight excluding hydrogens is 454 g/mol. The van der Waals surface area contributed by atoms with Gasteiger partial charge in [0.25, 0.3) is 0 Å². The zero-order valence-corrected chi connectivity index (χ0v) is 19.9. The lowest BCUT2D eigenvalue weighted by molar-refractivity contribution is 0.101. The Bertz CT molecular complexity index is 1940. The highest BCUT2D eigenvalue weighted by Crippen LogP contribution is 2.41. The number of rotatable bonds is 5. The zero-order valence-electron chi connectivity index (χ0n) is 19.9. The van der Waals surface area contributed by atoms with E-state index in [4.69, 9.17) is 0 Å². The summed E-state index contributed by atoms with van der Waals surface area (Å²) in [5.41, 5.74) is 6.60. The fraction of sp³-hybridized carbons (Fsp3) is 0. The van der Waals surface area contributed by atoms with Crippen molar-refractivity contribution in [3.63, 3.8) is 0 Å². The maximum Gasteiger partial charge on any atom is 0.195 e. The second-order valence-corrected chi connectivity index (χ2v) is 9.25. The second kappa shape index (κ2) is 8.28. The number of carbonyl (C=O) groups is 2. The van der Waals surface area contributed by atoms with E-state index in [1.165, 1.54) is 0 Å². The van der Waals surface area contributed by atoms with Crippen molar-refractivity contribution in [2.24, 2.45) is 0 Å². The molecule has 3 nitrogen and oxygen atoms in total. The van der Waals surface area contributed by atoms with Gasteiger partial charge >= 0.3 is 0 Å². The molecule has 0 N–H and O–H groups in total. The van der Waals surface area contributed by atoms with Gasteiger partial charge in [0, 0.05) is 21.9 Å². The molecule has 3 heterocycles. The summed E-state index contributed by atoms with van der Waals surface area (Å²) in [6.07, 6.45) is 0. The van der Waals surface area contributed by atoms with Gasteiger partial charge in [-0.05, 0) is 23.3 Å². The van der Waals surface area contributed by atoms with Crippen LogP contribution in [0, 0.1) is 0 Å². The fourth-order valence-corrected chi connectivity index (χ4v) is 5.46. The van der Waals surface area contributed by atoms with Crippen molar-refractivity contribution in [3.05, 3.63) is 150 Å². The van der Waals surface area contributed by atoms with Gasteiger partial charge in [0.1, 0.15) is 0 Å². The van der Waals surface area contributed by atoms with Gasteiger partial charge in [-0.25, -0.2) is 0 Å². The first-order valence-corrected chi connectivity index (χ1v) is 12.3. The van der Waals surface area contributed by atoms with Crippen LogP contribution in [-0.2, 0) is 0 Å². The predicted molar refractivity (Wildman–Crippen MR) is 149 cm³/mol. The van der Waals surface area contributed by atoms with Gasteiger partial charge in [-0.1, -0.05) is 115 Å². The summed E-state index contributed by atoms with van der Waals surface area (Å²) in [5, 5.41) is 2.02. The van der Waals surface area contributed by atoms with Crippen LogP contribution in [0.25, 0.3) is 38.4 Å². The highest BCUT2D eigenvalue weighted by molar-refractivity contribution is 6.30. The lowest BCUT2D eigenvalue weighted by atomic mass is 9.93. The highest BCUT2D eigenvalue weighted by Gasteiger charge is 2.31. The number of ketones is 2. The van der Waals surface area contributed by atoms with Crippen molar-refractivity contribution in [2.45, 2.75) is 0 Å². The van der Waals surface area contributed by atoms with Crippen molar-refractivity contribution in [1.82, 2.24) is 4.40 Å². The summed E-state index contributed by atoms with van der Waals surface area (Å²) in [6.45, 7) is 0. The Kier molecular flexibility index (Phi) is 4.76. The Labute approximate surface area is 213 Å². The van der Waals surface area contributed by atoms with Crippen LogP contribution >= 0.6 is 0 Å². The third-order valence-corrected chi connectivity index (χ3v) is 7.12. The number of fused-ring (bicyclic) bond motifs is 3. The third kappa shape index (κ3) is 3.21. The summed E-state index contributed by atoms with van der Waals surface area (Å²) >= 11 is 0. The predicted octanol–water partition coefficient (Wildman–Crippen LogP) is 7.81. The molecule has 7 rings (SSSR count). The molecule has 3 heteroatoms. The molecule has 0 amide bonds. The number of hydrogen-bond acceptors (Lipinski definition) is 2. The Hall–Kier alpha value is -5.02. The number of hydrogen-bond donors (Lipinski definition) is 0. The van der Waals surface area contributed by atoms with Gasteiger partial charge in [0.05, 0.1) is 27.7 Å². The molecule has 0 aliphatic heterocycles. The van der Waals surface area contributed by atoms with Crippen molar-refractivity contribution in [3.8, 4) is 11.1 Å². The van der Waals surface area contributed by atoms with E-state index in [0.717, 1.165) is 38.4 Å². The van der Waals surface area contributed by atoms with Crippen molar-refractivity contribution < 1.29 is 9.59 Å². The van der Waals surface area contributed by atoms with E-state index in [9.17, 15) is 9.59 Å². The quantitative estimate of drug-likeness (QED) is 0.238. The molecule has 0 spiro atoms. The molecule has 7 aromatic rings. The van der Waals surface area contributed by atoms with Crippen molar-refractivity contribution >= 4 is 38.9 Å². The largest absolute Gasteiger partial charge is 0.308 e. The molecule has 3 aromatic heterocycles. The second-order valence-electron chi connectivity index (χ2n) is 9.25. The summed E-state index contributed by atoms with van der Waals surface area (Å²) < 4.78 is 2.10. The first-order chi connectivity index (χ1) is 18.2. The molecule has 37 heavy (non-hydrogen) atoms. The summed E-state index contributed by atoms with van der Waals surface area (Å²) in [6, 6.07) is 40.9. The topological polar surface area (TPSA) is 38.5 Å². The van der Waals surface area contributed by atoms with E-state index < -0.39 is 0 Å². The average Bonchev–Trinajstić information content (AvgIpc) is 3.49. The van der Waals surface area contributed by atoms with E-state index in [-0.39, 0.29) is 11.6 Å². The molecule has 0 unspecified atom stereocenters. The first-order valence-electron chi connectivity index (χ1n) is 12.3. The Morgan fingerprint density at radius 1 is 0.459 bits per heavy atom. The molecule has 0 saturated heterocycles. The SMILES string of the molecule is O=C(c1ccccc1)c1c(C(=O)c2ccccc2)c2c3ccccc3c3cc(-c4ccccc4)cc1n32. The van der Waals surface area contributed by atoms with Crippen LogP contribution in [0.4, 0.5) is 0 Å². The Morgan fingerprint density at radius 3 is 1.57 bits per heavy atom. The van der Waals surface area contributed by atoms with Gasteiger partial charge in [-0.2, -0.15) is 0 Å². The van der Waals surface area contributed by atoms with E-state index in [1.54, 1.807) is 0 Å². The highest BCUT2D eigenvalue weighted by atomic mass is 16.1. The molecule has 0 atom stereocenters. The first kappa shape index (κ1) is 21.3. The summed E-state index contributed by atoms with van der Waals surface area (Å²) in [7, 11) is 0. The number of aromatic nitrogens is 1. The molecule has 0 saturated carbocycles. The molecular formula is C34H21NO2. The van der Waals surface area contributed by atoms with Crippen LogP contribution < -0.4 is 0 Å². The molecule has 174 valence electrons. The van der Waals surface area contributed by atoms with Gasteiger partial charge in [0.15, 0.2) is 11.6 Å². The van der Waals surface area contributed by atoms with E-state index >= 15 is 0 Å². The van der Waals surface area contributed by atoms with Crippen LogP contribution in [0.1, 0.15) is 31.8 Å².